The van der Waals surface area contributed by atoms with Crippen molar-refractivity contribution in [1.82, 2.24) is 14.8 Å². The van der Waals surface area contributed by atoms with Crippen LogP contribution in [0.4, 0.5) is 10.8 Å². The highest BCUT2D eigenvalue weighted by atomic mass is 35.5. The Kier molecular flexibility index (Phi) is 6.10. The summed E-state index contributed by atoms with van der Waals surface area (Å²) in [5.41, 5.74) is 0.538. The van der Waals surface area contributed by atoms with E-state index in [2.05, 4.69) is 20.4 Å². The molecule has 3 aromatic rings. The van der Waals surface area contributed by atoms with Crippen LogP contribution in [0.15, 0.2) is 36.7 Å². The number of rotatable bonds is 6. The summed E-state index contributed by atoms with van der Waals surface area (Å²) >= 11 is 7.74. The number of aromatic nitrogens is 3. The molecule has 2 aromatic heterocycles. The molecule has 30 heavy (non-hydrogen) atoms. The lowest BCUT2D eigenvalue weighted by Gasteiger charge is -2.30. The Morgan fingerprint density at radius 2 is 1.77 bits per heavy atom. The molecule has 1 N–H and O–H groups in total. The molecule has 8 nitrogen and oxygen atoms in total. The fourth-order valence-corrected chi connectivity index (χ4v) is 4.53. The molecule has 10 heteroatoms. The summed E-state index contributed by atoms with van der Waals surface area (Å²) in [4.78, 5) is 15.0. The van der Waals surface area contributed by atoms with Crippen LogP contribution in [0.5, 0.6) is 11.5 Å². The number of hydrogen-bond donors (Lipinski definition) is 1. The van der Waals surface area contributed by atoms with Crippen LogP contribution >= 0.6 is 22.9 Å². The van der Waals surface area contributed by atoms with E-state index in [-0.39, 0.29) is 11.8 Å². The Bertz CT molecular complexity index is 1020. The van der Waals surface area contributed by atoms with Gasteiger partial charge in [0.15, 0.2) is 0 Å². The molecular weight excluding hydrogens is 426 g/mol. The number of benzene rings is 1. The minimum atomic E-state index is -0.0938. The lowest BCUT2D eigenvalue weighted by Crippen LogP contribution is -2.38. The largest absolute Gasteiger partial charge is 0.495 e. The predicted octanol–water partition coefficient (Wildman–Crippen LogP) is 3.85. The second-order valence-electron chi connectivity index (χ2n) is 6.90. The second kappa shape index (κ2) is 8.93. The maximum Gasteiger partial charge on any atom is 0.227 e. The number of amides is 1. The number of hydrogen-bond acceptors (Lipinski definition) is 7. The van der Waals surface area contributed by atoms with Crippen molar-refractivity contribution in [1.29, 1.82) is 0 Å². The zero-order valence-electron chi connectivity index (χ0n) is 16.7. The second-order valence-corrected chi connectivity index (χ2v) is 8.24. The average Bonchev–Trinajstić information content (AvgIpc) is 3.46. The van der Waals surface area contributed by atoms with Gasteiger partial charge < -0.3 is 19.7 Å². The summed E-state index contributed by atoms with van der Waals surface area (Å²) in [5, 5.41) is 13.6. The first-order chi connectivity index (χ1) is 14.6. The van der Waals surface area contributed by atoms with E-state index >= 15 is 0 Å². The van der Waals surface area contributed by atoms with Crippen LogP contribution < -0.4 is 19.7 Å². The molecule has 1 aromatic carbocycles. The fraction of sp³-hybridized carbons (Fsp3) is 0.350. The van der Waals surface area contributed by atoms with Gasteiger partial charge in [-0.15, -0.1) is 10.2 Å². The van der Waals surface area contributed by atoms with Crippen molar-refractivity contribution in [3.8, 4) is 16.6 Å². The maximum atomic E-state index is 12.8. The summed E-state index contributed by atoms with van der Waals surface area (Å²) in [5.74, 6) is 0.868. The normalized spacial score (nSPS) is 14.6. The number of ether oxygens (including phenoxy) is 2. The first-order valence-corrected chi connectivity index (χ1v) is 10.7. The zero-order chi connectivity index (χ0) is 21.1. The van der Waals surface area contributed by atoms with Gasteiger partial charge in [0.1, 0.15) is 11.5 Å². The Hall–Kier alpha value is -2.78. The van der Waals surface area contributed by atoms with E-state index in [1.165, 1.54) is 7.11 Å². The van der Waals surface area contributed by atoms with Gasteiger partial charge in [0.25, 0.3) is 0 Å². The summed E-state index contributed by atoms with van der Waals surface area (Å²) in [6, 6.07) is 7.22. The van der Waals surface area contributed by atoms with Crippen molar-refractivity contribution in [2.24, 2.45) is 5.92 Å². The van der Waals surface area contributed by atoms with E-state index in [1.807, 2.05) is 29.1 Å². The van der Waals surface area contributed by atoms with Crippen molar-refractivity contribution in [3.05, 3.63) is 41.7 Å². The Morgan fingerprint density at radius 3 is 2.43 bits per heavy atom. The van der Waals surface area contributed by atoms with Crippen molar-refractivity contribution in [2.75, 3.05) is 37.5 Å². The van der Waals surface area contributed by atoms with Crippen LogP contribution in [-0.2, 0) is 4.79 Å². The maximum absolute atomic E-state index is 12.8. The van der Waals surface area contributed by atoms with E-state index in [4.69, 9.17) is 21.1 Å². The highest BCUT2D eigenvalue weighted by Gasteiger charge is 2.27. The van der Waals surface area contributed by atoms with Crippen molar-refractivity contribution in [2.45, 2.75) is 12.8 Å². The molecule has 0 radical (unpaired) electrons. The monoisotopic (exact) mass is 447 g/mol. The molecule has 1 aliphatic rings. The number of halogens is 1. The van der Waals surface area contributed by atoms with Crippen molar-refractivity contribution >= 4 is 39.7 Å². The van der Waals surface area contributed by atoms with E-state index < -0.39 is 0 Å². The quantitative estimate of drug-likeness (QED) is 0.618. The Morgan fingerprint density at radius 1 is 1.10 bits per heavy atom. The molecule has 158 valence electrons. The number of methoxy groups -OCH3 is 2. The van der Waals surface area contributed by atoms with Crippen LogP contribution in [0.25, 0.3) is 5.13 Å². The summed E-state index contributed by atoms with van der Waals surface area (Å²) in [6.45, 7) is 1.50. The lowest BCUT2D eigenvalue weighted by molar-refractivity contribution is -0.120. The molecule has 1 fully saturated rings. The van der Waals surface area contributed by atoms with Crippen molar-refractivity contribution in [3.63, 3.8) is 0 Å². The molecule has 1 amide bonds. The first kappa shape index (κ1) is 20.5. The molecule has 0 saturated carbocycles. The van der Waals surface area contributed by atoms with E-state index in [0.717, 1.165) is 36.2 Å². The van der Waals surface area contributed by atoms with Gasteiger partial charge in [0.05, 0.1) is 24.9 Å². The summed E-state index contributed by atoms with van der Waals surface area (Å²) < 4.78 is 12.5. The van der Waals surface area contributed by atoms with Crippen LogP contribution in [-0.4, -0.2) is 48.0 Å². The van der Waals surface area contributed by atoms with E-state index in [0.29, 0.717) is 22.2 Å². The van der Waals surface area contributed by atoms with Gasteiger partial charge in [-0.05, 0) is 31.0 Å². The smallest absolute Gasteiger partial charge is 0.227 e. The van der Waals surface area contributed by atoms with Crippen LogP contribution in [0.3, 0.4) is 0 Å². The van der Waals surface area contributed by atoms with Crippen LogP contribution in [0.2, 0.25) is 5.02 Å². The number of carbonyl (C=O) groups is 1. The highest BCUT2D eigenvalue weighted by molar-refractivity contribution is 7.17. The molecule has 3 heterocycles. The third kappa shape index (κ3) is 4.22. The molecule has 0 bridgehead atoms. The summed E-state index contributed by atoms with van der Waals surface area (Å²) in [6.07, 6.45) is 5.36. The van der Waals surface area contributed by atoms with Gasteiger partial charge in [0, 0.05) is 37.5 Å². The van der Waals surface area contributed by atoms with Gasteiger partial charge in [0.2, 0.25) is 16.2 Å². The molecule has 1 aliphatic heterocycles. The minimum absolute atomic E-state index is 0.0422. The minimum Gasteiger partial charge on any atom is -0.495 e. The molecule has 0 aliphatic carbocycles. The highest BCUT2D eigenvalue weighted by Crippen LogP contribution is 2.36. The summed E-state index contributed by atoms with van der Waals surface area (Å²) in [7, 11) is 3.08. The Labute approximate surface area is 183 Å². The van der Waals surface area contributed by atoms with Gasteiger partial charge in [-0.2, -0.15) is 0 Å². The molecule has 0 unspecified atom stereocenters. The van der Waals surface area contributed by atoms with E-state index in [9.17, 15) is 4.79 Å². The predicted molar refractivity (Wildman–Crippen MR) is 117 cm³/mol. The van der Waals surface area contributed by atoms with Crippen LogP contribution in [0.1, 0.15) is 12.8 Å². The van der Waals surface area contributed by atoms with E-state index in [1.54, 1.807) is 30.6 Å². The van der Waals surface area contributed by atoms with Crippen molar-refractivity contribution < 1.29 is 14.3 Å². The molecule has 1 saturated heterocycles. The standard InChI is InChI=1S/C20H22ClN5O3S/c1-28-16-12-17(29-2)15(11-14(16)21)22-18(27)13-5-9-26(10-6-13)20-24-23-19(30-20)25-7-3-4-8-25/h3-4,7-8,11-13H,5-6,9-10H2,1-2H3,(H,22,27). The van der Waals surface area contributed by atoms with Gasteiger partial charge in [-0.25, -0.2) is 0 Å². The van der Waals surface area contributed by atoms with Gasteiger partial charge in [-0.1, -0.05) is 22.9 Å². The van der Waals surface area contributed by atoms with Crippen LogP contribution in [0, 0.1) is 5.92 Å². The third-order valence-corrected chi connectivity index (χ3v) is 6.39. The van der Waals surface area contributed by atoms with Gasteiger partial charge in [-0.3, -0.25) is 9.36 Å². The first-order valence-electron chi connectivity index (χ1n) is 9.53. The van der Waals surface area contributed by atoms with Gasteiger partial charge >= 0.3 is 0 Å². The average molecular weight is 448 g/mol. The lowest BCUT2D eigenvalue weighted by atomic mass is 9.96. The third-order valence-electron chi connectivity index (χ3n) is 5.10. The molecule has 0 atom stereocenters. The molecular formula is C20H22ClN5O3S. The fourth-order valence-electron chi connectivity index (χ4n) is 3.43. The zero-order valence-corrected chi connectivity index (χ0v) is 18.2. The number of nitrogens with one attached hydrogen (secondary N) is 1. The number of piperidine rings is 1. The topological polar surface area (TPSA) is 81.5 Å². The number of anilines is 2. The Balaban J connectivity index is 1.37. The SMILES string of the molecule is COc1cc(OC)c(NC(=O)C2CCN(c3nnc(-n4cccc4)s3)CC2)cc1Cl. The number of carbonyl (C=O) groups excluding carboxylic acids is 1. The molecule has 0 spiro atoms. The molecule has 4 rings (SSSR count). The number of nitrogens with zero attached hydrogens (tertiary/aromatic N) is 4.